The van der Waals surface area contributed by atoms with Crippen LogP contribution >= 0.6 is 0 Å². The molecular weight excluding hydrogens is 334 g/mol. The highest BCUT2D eigenvalue weighted by Crippen LogP contribution is 2.31. The van der Waals surface area contributed by atoms with Gasteiger partial charge in [0.15, 0.2) is 6.61 Å². The van der Waals surface area contributed by atoms with Crippen molar-refractivity contribution in [3.8, 4) is 5.75 Å². The lowest BCUT2D eigenvalue weighted by Crippen LogP contribution is -2.31. The number of pyridine rings is 1. The molecule has 0 aliphatic carbocycles. The van der Waals surface area contributed by atoms with Crippen LogP contribution in [0.3, 0.4) is 0 Å². The summed E-state index contributed by atoms with van der Waals surface area (Å²) in [6, 6.07) is 15.7. The second-order valence-electron chi connectivity index (χ2n) is 5.76. The van der Waals surface area contributed by atoms with Gasteiger partial charge in [-0.1, -0.05) is 30.3 Å². The van der Waals surface area contributed by atoms with Crippen molar-refractivity contribution in [2.75, 3.05) is 13.7 Å². The highest BCUT2D eigenvalue weighted by atomic mass is 16.6. The summed E-state index contributed by atoms with van der Waals surface area (Å²) in [6.45, 7) is 0.301. The maximum Gasteiger partial charge on any atom is 0.279 e. The Labute approximate surface area is 150 Å². The topological polar surface area (TPSA) is 85.6 Å². The van der Waals surface area contributed by atoms with Crippen LogP contribution in [0.4, 0.5) is 5.69 Å². The van der Waals surface area contributed by atoms with E-state index in [2.05, 4.69) is 4.98 Å². The number of non-ortho nitro benzene ring substituents is 1. The van der Waals surface area contributed by atoms with Crippen LogP contribution in [0.5, 0.6) is 5.75 Å². The summed E-state index contributed by atoms with van der Waals surface area (Å²) < 4.78 is 5.60. The fraction of sp³-hybridized carbons (Fsp3) is 0.158. The van der Waals surface area contributed by atoms with E-state index in [4.69, 9.17) is 4.74 Å². The number of rotatable bonds is 6. The molecule has 0 saturated heterocycles. The number of ether oxygens (including phenoxy) is 1. The molecule has 2 aromatic carbocycles. The molecular formula is C19H17N3O4. The van der Waals surface area contributed by atoms with E-state index >= 15 is 0 Å². The third-order valence-corrected chi connectivity index (χ3v) is 3.95. The minimum absolute atomic E-state index is 0.0482. The first-order valence-corrected chi connectivity index (χ1v) is 7.99. The Morgan fingerprint density at radius 1 is 1.15 bits per heavy atom. The normalized spacial score (nSPS) is 10.5. The van der Waals surface area contributed by atoms with Crippen molar-refractivity contribution in [1.29, 1.82) is 0 Å². The van der Waals surface area contributed by atoms with Crippen LogP contribution in [0.15, 0.2) is 60.8 Å². The molecule has 3 aromatic rings. The van der Waals surface area contributed by atoms with Gasteiger partial charge < -0.3 is 9.64 Å². The first-order chi connectivity index (χ1) is 12.6. The average molecular weight is 351 g/mol. The van der Waals surface area contributed by atoms with Gasteiger partial charge in [-0.3, -0.25) is 19.9 Å². The summed E-state index contributed by atoms with van der Waals surface area (Å²) in [4.78, 5) is 28.7. The largest absolute Gasteiger partial charge is 0.481 e. The van der Waals surface area contributed by atoms with Crippen LogP contribution < -0.4 is 4.74 Å². The number of fused-ring (bicyclic) bond motifs is 1. The van der Waals surface area contributed by atoms with E-state index in [1.165, 1.54) is 18.3 Å². The first kappa shape index (κ1) is 17.3. The number of amides is 1. The van der Waals surface area contributed by atoms with Crippen molar-refractivity contribution in [2.24, 2.45) is 0 Å². The molecule has 7 heteroatoms. The van der Waals surface area contributed by atoms with Crippen LogP contribution in [0.2, 0.25) is 0 Å². The van der Waals surface area contributed by atoms with E-state index < -0.39 is 4.92 Å². The molecule has 1 amide bonds. The Kier molecular flexibility index (Phi) is 5.07. The number of likely N-dealkylation sites (N-methyl/N-ethyl adjacent to an activating group) is 1. The van der Waals surface area contributed by atoms with E-state index in [-0.39, 0.29) is 18.2 Å². The van der Waals surface area contributed by atoms with Crippen molar-refractivity contribution >= 4 is 22.5 Å². The van der Waals surface area contributed by atoms with E-state index in [0.717, 1.165) is 5.56 Å². The highest BCUT2D eigenvalue weighted by molar-refractivity contribution is 5.92. The molecule has 1 heterocycles. The monoisotopic (exact) mass is 351 g/mol. The number of hydrogen-bond donors (Lipinski definition) is 0. The molecule has 0 spiro atoms. The number of aromatic nitrogens is 1. The number of nitro benzene ring substituents is 1. The zero-order chi connectivity index (χ0) is 18.5. The number of carbonyl (C=O) groups is 1. The minimum Gasteiger partial charge on any atom is -0.481 e. The highest BCUT2D eigenvalue weighted by Gasteiger charge is 2.17. The van der Waals surface area contributed by atoms with Crippen molar-refractivity contribution in [3.05, 3.63) is 76.5 Å². The minimum atomic E-state index is -0.466. The summed E-state index contributed by atoms with van der Waals surface area (Å²) in [5.74, 6) is 0.143. The summed E-state index contributed by atoms with van der Waals surface area (Å²) in [6.07, 6.45) is 1.53. The lowest BCUT2D eigenvalue weighted by Gasteiger charge is -2.18. The first-order valence-electron chi connectivity index (χ1n) is 7.99. The maximum absolute atomic E-state index is 12.3. The molecule has 0 bridgehead atoms. The van der Waals surface area contributed by atoms with Crippen molar-refractivity contribution in [2.45, 2.75) is 6.54 Å². The Morgan fingerprint density at radius 3 is 2.65 bits per heavy atom. The molecule has 3 rings (SSSR count). The second-order valence-corrected chi connectivity index (χ2v) is 5.76. The number of benzene rings is 2. The van der Waals surface area contributed by atoms with Gasteiger partial charge in [0.2, 0.25) is 0 Å². The van der Waals surface area contributed by atoms with Gasteiger partial charge in [-0.25, -0.2) is 0 Å². The number of hydrogen-bond acceptors (Lipinski definition) is 5. The second kappa shape index (κ2) is 7.60. The Bertz CT molecular complexity index is 944. The molecule has 0 aliphatic heterocycles. The Morgan fingerprint density at radius 2 is 1.92 bits per heavy atom. The van der Waals surface area contributed by atoms with E-state index in [0.29, 0.717) is 23.2 Å². The summed E-state index contributed by atoms with van der Waals surface area (Å²) in [5.41, 5.74) is 1.33. The molecule has 0 radical (unpaired) electrons. The molecule has 7 nitrogen and oxygen atoms in total. The van der Waals surface area contributed by atoms with E-state index in [1.807, 2.05) is 30.3 Å². The van der Waals surface area contributed by atoms with Crippen LogP contribution in [-0.4, -0.2) is 34.4 Å². The average Bonchev–Trinajstić information content (AvgIpc) is 2.66. The molecule has 0 unspecified atom stereocenters. The lowest BCUT2D eigenvalue weighted by molar-refractivity contribution is -0.383. The standard InChI is InChI=1S/C19H17N3O4/c1-21(12-14-6-3-2-4-7-14)18(23)13-26-17-10-9-16(22(24)25)15-8-5-11-20-19(15)17/h2-11H,12-13H2,1H3. The molecule has 0 aliphatic rings. The molecule has 1 aromatic heterocycles. The number of carbonyl (C=O) groups excluding carboxylic acids is 1. The van der Waals surface area contributed by atoms with Crippen LogP contribution in [0, 0.1) is 10.1 Å². The van der Waals surface area contributed by atoms with Gasteiger partial charge in [-0.05, 0) is 23.8 Å². The van der Waals surface area contributed by atoms with Gasteiger partial charge in [0.1, 0.15) is 11.3 Å². The van der Waals surface area contributed by atoms with E-state index in [9.17, 15) is 14.9 Å². The van der Waals surface area contributed by atoms with Gasteiger partial charge in [-0.15, -0.1) is 0 Å². The predicted octanol–water partition coefficient (Wildman–Crippen LogP) is 3.18. The zero-order valence-electron chi connectivity index (χ0n) is 14.2. The van der Waals surface area contributed by atoms with Crippen molar-refractivity contribution < 1.29 is 14.5 Å². The van der Waals surface area contributed by atoms with Gasteiger partial charge >= 0.3 is 0 Å². The summed E-state index contributed by atoms with van der Waals surface area (Å²) in [5, 5.41) is 11.5. The van der Waals surface area contributed by atoms with Crippen molar-refractivity contribution in [3.63, 3.8) is 0 Å². The molecule has 132 valence electrons. The predicted molar refractivity (Wildman–Crippen MR) is 96.8 cm³/mol. The van der Waals surface area contributed by atoms with Crippen LogP contribution in [-0.2, 0) is 11.3 Å². The summed E-state index contributed by atoms with van der Waals surface area (Å²) >= 11 is 0. The Balaban J connectivity index is 1.72. The van der Waals surface area contributed by atoms with Gasteiger partial charge in [0, 0.05) is 25.9 Å². The quantitative estimate of drug-likeness (QED) is 0.503. The molecule has 0 atom stereocenters. The molecule has 0 saturated carbocycles. The van der Waals surface area contributed by atoms with Crippen molar-refractivity contribution in [1.82, 2.24) is 9.88 Å². The van der Waals surface area contributed by atoms with Crippen LogP contribution in [0.25, 0.3) is 10.9 Å². The van der Waals surface area contributed by atoms with Crippen LogP contribution in [0.1, 0.15) is 5.56 Å². The molecule has 0 fully saturated rings. The summed E-state index contributed by atoms with van der Waals surface area (Å²) in [7, 11) is 1.70. The third-order valence-electron chi connectivity index (χ3n) is 3.95. The SMILES string of the molecule is CN(Cc1ccccc1)C(=O)COc1ccc([N+](=O)[O-])c2cccnc12. The van der Waals surface area contributed by atoms with Gasteiger partial charge in [0.25, 0.3) is 11.6 Å². The maximum atomic E-state index is 12.3. The molecule has 0 N–H and O–H groups in total. The Hall–Kier alpha value is -3.48. The fourth-order valence-corrected chi connectivity index (χ4v) is 2.60. The zero-order valence-corrected chi connectivity index (χ0v) is 14.2. The van der Waals surface area contributed by atoms with Gasteiger partial charge in [0.05, 0.1) is 10.3 Å². The smallest absolute Gasteiger partial charge is 0.279 e. The van der Waals surface area contributed by atoms with Gasteiger partial charge in [-0.2, -0.15) is 0 Å². The number of nitrogens with zero attached hydrogens (tertiary/aromatic N) is 3. The third kappa shape index (κ3) is 3.77. The lowest BCUT2D eigenvalue weighted by atomic mass is 10.1. The molecule has 26 heavy (non-hydrogen) atoms. The van der Waals surface area contributed by atoms with E-state index in [1.54, 1.807) is 24.1 Å². The number of nitro groups is 1. The fourth-order valence-electron chi connectivity index (χ4n) is 2.60.